The highest BCUT2D eigenvalue weighted by Gasteiger charge is 2.25. The van der Waals surface area contributed by atoms with Gasteiger partial charge in [0.1, 0.15) is 0 Å². The predicted octanol–water partition coefficient (Wildman–Crippen LogP) is 3.46. The fourth-order valence-corrected chi connectivity index (χ4v) is 3.69. The van der Waals surface area contributed by atoms with Crippen molar-refractivity contribution in [2.45, 2.75) is 51.9 Å². The molecule has 1 atom stereocenters. The van der Waals surface area contributed by atoms with Crippen molar-refractivity contribution in [1.82, 2.24) is 5.32 Å². The maximum Gasteiger partial charge on any atom is 0.248 e. The fourth-order valence-electron chi connectivity index (χ4n) is 3.69. The number of rotatable bonds is 3. The van der Waals surface area contributed by atoms with E-state index in [1.54, 1.807) is 6.08 Å². The van der Waals surface area contributed by atoms with Gasteiger partial charge in [0.15, 0.2) is 0 Å². The first-order valence-electron chi connectivity index (χ1n) is 8.68. The van der Waals surface area contributed by atoms with Gasteiger partial charge in [0.2, 0.25) is 11.8 Å². The molecule has 0 bridgehead atoms. The van der Waals surface area contributed by atoms with Crippen LogP contribution in [-0.4, -0.2) is 17.5 Å². The van der Waals surface area contributed by atoms with Gasteiger partial charge in [-0.05, 0) is 37.3 Å². The summed E-state index contributed by atoms with van der Waals surface area (Å²) in [6.07, 6.45) is 14.9. The van der Waals surface area contributed by atoms with Crippen LogP contribution >= 0.6 is 0 Å². The van der Waals surface area contributed by atoms with Gasteiger partial charge in [-0.2, -0.15) is 0 Å². The Bertz CT molecular complexity index is 619. The van der Waals surface area contributed by atoms with E-state index in [4.69, 9.17) is 0 Å². The Balaban J connectivity index is 1.69. The summed E-state index contributed by atoms with van der Waals surface area (Å²) >= 11 is 0. The van der Waals surface area contributed by atoms with E-state index in [2.05, 4.69) is 10.3 Å². The normalized spacial score (nSPS) is 26.4. The molecule has 3 aliphatic rings. The second-order valence-electron chi connectivity index (χ2n) is 6.64. The minimum atomic E-state index is -0.0902. The molecule has 0 radical (unpaired) electrons. The molecular weight excluding hydrogens is 288 g/mol. The van der Waals surface area contributed by atoms with Gasteiger partial charge >= 0.3 is 0 Å². The van der Waals surface area contributed by atoms with Crippen LogP contribution in [0.1, 0.15) is 51.9 Å². The number of allylic oxidation sites excluding steroid dienone is 3. The summed E-state index contributed by atoms with van der Waals surface area (Å²) in [6.45, 7) is 2.05. The second-order valence-corrected chi connectivity index (χ2v) is 6.64. The molecule has 23 heavy (non-hydrogen) atoms. The number of carbonyl (C=O) groups is 2. The molecule has 0 spiro atoms. The largest absolute Gasteiger partial charge is 0.325 e. The Kier molecular flexibility index (Phi) is 4.89. The van der Waals surface area contributed by atoms with E-state index < -0.39 is 0 Å². The number of carbonyl (C=O) groups excluding carboxylic acids is 2. The van der Waals surface area contributed by atoms with Crippen molar-refractivity contribution >= 4 is 17.5 Å². The summed E-state index contributed by atoms with van der Waals surface area (Å²) < 4.78 is 0. The first kappa shape index (κ1) is 15.9. The molecule has 0 aromatic carbocycles. The molecular formula is C19H24N2O2. The monoisotopic (exact) mass is 312 g/mol. The van der Waals surface area contributed by atoms with Crippen LogP contribution in [0.2, 0.25) is 0 Å². The third-order valence-corrected chi connectivity index (χ3v) is 4.93. The van der Waals surface area contributed by atoms with Crippen molar-refractivity contribution in [3.63, 3.8) is 0 Å². The number of nitrogens with one attached hydrogen (secondary N) is 1. The van der Waals surface area contributed by atoms with E-state index in [1.165, 1.54) is 19.3 Å². The number of nitrogens with zero attached hydrogens (tertiary/aromatic N) is 1. The molecule has 1 aliphatic heterocycles. The Morgan fingerprint density at radius 1 is 1.26 bits per heavy atom. The van der Waals surface area contributed by atoms with E-state index >= 15 is 0 Å². The van der Waals surface area contributed by atoms with E-state index in [-0.39, 0.29) is 17.7 Å². The summed E-state index contributed by atoms with van der Waals surface area (Å²) in [6, 6.07) is 0. The molecule has 1 heterocycles. The first-order chi connectivity index (χ1) is 11.2. The maximum absolute atomic E-state index is 12.2. The van der Waals surface area contributed by atoms with Crippen LogP contribution in [0.15, 0.2) is 40.6 Å². The van der Waals surface area contributed by atoms with Crippen LogP contribution in [0.25, 0.3) is 0 Å². The molecule has 0 aromatic heterocycles. The van der Waals surface area contributed by atoms with Crippen molar-refractivity contribution in [2.75, 3.05) is 0 Å². The lowest BCUT2D eigenvalue weighted by molar-refractivity contribution is -0.119. The Morgan fingerprint density at radius 2 is 2.04 bits per heavy atom. The molecule has 1 N–H and O–H groups in total. The van der Waals surface area contributed by atoms with E-state index in [0.717, 1.165) is 30.5 Å². The molecule has 1 saturated carbocycles. The van der Waals surface area contributed by atoms with Crippen LogP contribution in [0, 0.1) is 11.8 Å². The third kappa shape index (κ3) is 3.87. The Labute approximate surface area is 137 Å². The SMILES string of the molecule is CCC1=CC(=O)NC2=CC(=NC(=O)CC3CCCCC3)C=CC12. The van der Waals surface area contributed by atoms with E-state index in [1.807, 2.05) is 25.2 Å². The molecule has 2 aliphatic carbocycles. The molecule has 0 aromatic rings. The zero-order valence-electron chi connectivity index (χ0n) is 13.7. The molecule has 1 fully saturated rings. The van der Waals surface area contributed by atoms with Crippen LogP contribution in [0.5, 0.6) is 0 Å². The zero-order valence-corrected chi connectivity index (χ0v) is 13.7. The van der Waals surface area contributed by atoms with Crippen LogP contribution in [0.4, 0.5) is 0 Å². The molecule has 122 valence electrons. The van der Waals surface area contributed by atoms with Gasteiger partial charge in [-0.25, -0.2) is 4.99 Å². The highest BCUT2D eigenvalue weighted by atomic mass is 16.2. The van der Waals surface area contributed by atoms with Gasteiger partial charge in [0.05, 0.1) is 5.71 Å². The quantitative estimate of drug-likeness (QED) is 0.867. The zero-order chi connectivity index (χ0) is 16.2. The fraction of sp³-hybridized carbons (Fsp3) is 0.526. The first-order valence-corrected chi connectivity index (χ1v) is 8.68. The lowest BCUT2D eigenvalue weighted by atomic mass is 9.86. The van der Waals surface area contributed by atoms with Gasteiger partial charge in [-0.3, -0.25) is 9.59 Å². The van der Waals surface area contributed by atoms with Crippen molar-refractivity contribution in [3.8, 4) is 0 Å². The summed E-state index contributed by atoms with van der Waals surface area (Å²) in [5, 5.41) is 2.87. The Hall–Kier alpha value is -1.97. The number of amides is 2. The highest BCUT2D eigenvalue weighted by molar-refractivity contribution is 6.11. The predicted molar refractivity (Wildman–Crippen MR) is 90.9 cm³/mol. The van der Waals surface area contributed by atoms with Gasteiger partial charge in [0.25, 0.3) is 0 Å². The van der Waals surface area contributed by atoms with Crippen molar-refractivity contribution in [2.24, 2.45) is 16.8 Å². The number of hydrogen-bond acceptors (Lipinski definition) is 2. The average Bonchev–Trinajstić information content (AvgIpc) is 2.54. The van der Waals surface area contributed by atoms with Crippen molar-refractivity contribution in [1.29, 1.82) is 0 Å². The summed E-state index contributed by atoms with van der Waals surface area (Å²) in [5.74, 6) is 0.482. The van der Waals surface area contributed by atoms with Gasteiger partial charge in [0, 0.05) is 24.1 Å². The standard InChI is InChI=1S/C19H24N2O2/c1-2-14-11-19(23)21-17-12-15(8-9-16(14)17)20-18(22)10-13-6-4-3-5-7-13/h8-9,11-13,16H,2-7,10H2,1H3,(H,21,23). The van der Waals surface area contributed by atoms with Crippen molar-refractivity contribution in [3.05, 3.63) is 35.6 Å². The summed E-state index contributed by atoms with van der Waals surface area (Å²) in [4.78, 5) is 28.1. The molecule has 4 nitrogen and oxygen atoms in total. The minimum Gasteiger partial charge on any atom is -0.325 e. The van der Waals surface area contributed by atoms with E-state index in [0.29, 0.717) is 18.1 Å². The van der Waals surface area contributed by atoms with Crippen LogP contribution in [-0.2, 0) is 9.59 Å². The summed E-state index contributed by atoms with van der Waals surface area (Å²) in [5.41, 5.74) is 2.58. The number of hydrogen-bond donors (Lipinski definition) is 1. The molecule has 2 amide bonds. The summed E-state index contributed by atoms with van der Waals surface area (Å²) in [7, 11) is 0. The van der Waals surface area contributed by atoms with E-state index in [9.17, 15) is 9.59 Å². The molecule has 0 saturated heterocycles. The average molecular weight is 312 g/mol. The van der Waals surface area contributed by atoms with Crippen LogP contribution in [0.3, 0.4) is 0 Å². The van der Waals surface area contributed by atoms with Gasteiger partial charge in [-0.15, -0.1) is 0 Å². The van der Waals surface area contributed by atoms with Gasteiger partial charge in [-0.1, -0.05) is 37.8 Å². The minimum absolute atomic E-state index is 0.0414. The third-order valence-electron chi connectivity index (χ3n) is 4.93. The maximum atomic E-state index is 12.2. The lowest BCUT2D eigenvalue weighted by Crippen LogP contribution is -2.33. The van der Waals surface area contributed by atoms with Crippen molar-refractivity contribution < 1.29 is 9.59 Å². The smallest absolute Gasteiger partial charge is 0.248 e. The second kappa shape index (κ2) is 7.07. The topological polar surface area (TPSA) is 58.5 Å². The molecule has 3 rings (SSSR count). The number of aliphatic imine (C=N–C) groups is 1. The lowest BCUT2D eigenvalue weighted by Gasteiger charge is -2.27. The van der Waals surface area contributed by atoms with Crippen LogP contribution < -0.4 is 5.32 Å². The number of fused-ring (bicyclic) bond motifs is 1. The Morgan fingerprint density at radius 3 is 2.78 bits per heavy atom. The van der Waals surface area contributed by atoms with Gasteiger partial charge < -0.3 is 5.32 Å². The molecule has 4 heteroatoms. The highest BCUT2D eigenvalue weighted by Crippen LogP contribution is 2.29. The molecule has 1 unspecified atom stereocenters.